The van der Waals surface area contributed by atoms with Crippen LogP contribution in [0, 0.1) is 18.6 Å². The van der Waals surface area contributed by atoms with E-state index >= 15 is 0 Å². The number of sulfonamides is 1. The molecule has 1 aliphatic rings. The standard InChI is InChI=1S/C33H32F2N4O4S/c1-24-5-15-31(16-6-24)44(42,43)39(22-25-7-9-27(34)10-8-25)23-32(40)36-29-11-13-30(14-12-29)37-17-19-38(20-18-37)33(41)26-3-2-4-28(35)21-26/h2-16,21H,17-20,22-23H2,1H3,(H,36,40). The largest absolute Gasteiger partial charge is 0.368 e. The fourth-order valence-corrected chi connectivity index (χ4v) is 6.35. The Hall–Kier alpha value is -4.61. The van der Waals surface area contributed by atoms with Gasteiger partial charge in [-0.25, -0.2) is 17.2 Å². The van der Waals surface area contributed by atoms with E-state index < -0.39 is 34.1 Å². The fraction of sp³-hybridized carbons (Fsp3) is 0.212. The Kier molecular flexibility index (Phi) is 9.36. The van der Waals surface area contributed by atoms with E-state index in [0.29, 0.717) is 43.0 Å². The lowest BCUT2D eigenvalue weighted by Gasteiger charge is -2.36. The van der Waals surface area contributed by atoms with Gasteiger partial charge in [0.05, 0.1) is 11.4 Å². The first-order valence-corrected chi connectivity index (χ1v) is 15.5. The molecule has 0 aromatic heterocycles. The number of nitrogens with one attached hydrogen (secondary N) is 1. The van der Waals surface area contributed by atoms with Crippen molar-refractivity contribution in [3.8, 4) is 0 Å². The first kappa shape index (κ1) is 30.8. The van der Waals surface area contributed by atoms with Gasteiger partial charge in [0, 0.05) is 49.7 Å². The highest BCUT2D eigenvalue weighted by Crippen LogP contribution is 2.22. The normalized spacial score (nSPS) is 13.6. The maximum absolute atomic E-state index is 13.5. The molecule has 1 aliphatic heterocycles. The van der Waals surface area contributed by atoms with Crippen LogP contribution in [-0.4, -0.2) is 62.2 Å². The summed E-state index contributed by atoms with van der Waals surface area (Å²) in [5, 5.41) is 2.77. The van der Waals surface area contributed by atoms with Crippen LogP contribution in [0.25, 0.3) is 0 Å². The number of amides is 2. The number of anilines is 2. The number of halogens is 2. The van der Waals surface area contributed by atoms with E-state index in [9.17, 15) is 26.8 Å². The molecule has 8 nitrogen and oxygen atoms in total. The van der Waals surface area contributed by atoms with Crippen LogP contribution in [0.4, 0.5) is 20.2 Å². The quantitative estimate of drug-likeness (QED) is 0.283. The SMILES string of the molecule is Cc1ccc(S(=O)(=O)N(CC(=O)Nc2ccc(N3CCN(C(=O)c4cccc(F)c4)CC3)cc2)Cc2ccc(F)cc2)cc1. The number of carbonyl (C=O) groups is 2. The zero-order valence-electron chi connectivity index (χ0n) is 24.1. The average Bonchev–Trinajstić information content (AvgIpc) is 3.02. The van der Waals surface area contributed by atoms with Crippen LogP contribution < -0.4 is 10.2 Å². The molecule has 0 aliphatic carbocycles. The number of piperazine rings is 1. The van der Waals surface area contributed by atoms with Gasteiger partial charge in [0.2, 0.25) is 15.9 Å². The Morgan fingerprint density at radius 2 is 1.48 bits per heavy atom. The van der Waals surface area contributed by atoms with E-state index in [4.69, 9.17) is 0 Å². The molecule has 1 heterocycles. The van der Waals surface area contributed by atoms with Crippen molar-refractivity contribution in [2.45, 2.75) is 18.4 Å². The van der Waals surface area contributed by atoms with Crippen molar-refractivity contribution in [3.63, 3.8) is 0 Å². The van der Waals surface area contributed by atoms with Gasteiger partial charge in [-0.05, 0) is 79.2 Å². The summed E-state index contributed by atoms with van der Waals surface area (Å²) in [6.45, 7) is 3.42. The maximum atomic E-state index is 13.5. The van der Waals surface area contributed by atoms with Crippen molar-refractivity contribution in [2.24, 2.45) is 0 Å². The Bertz CT molecular complexity index is 1720. The lowest BCUT2D eigenvalue weighted by Crippen LogP contribution is -2.48. The highest BCUT2D eigenvalue weighted by atomic mass is 32.2. The molecule has 4 aromatic carbocycles. The van der Waals surface area contributed by atoms with Crippen molar-refractivity contribution < 1.29 is 26.8 Å². The van der Waals surface area contributed by atoms with Gasteiger partial charge >= 0.3 is 0 Å². The van der Waals surface area contributed by atoms with Gasteiger partial charge in [-0.3, -0.25) is 9.59 Å². The number of hydrogen-bond donors (Lipinski definition) is 1. The van der Waals surface area contributed by atoms with E-state index in [1.165, 1.54) is 54.6 Å². The Labute approximate surface area is 255 Å². The molecule has 1 fully saturated rings. The highest BCUT2D eigenvalue weighted by Gasteiger charge is 2.27. The molecule has 0 radical (unpaired) electrons. The average molecular weight is 619 g/mol. The van der Waals surface area contributed by atoms with E-state index in [1.807, 2.05) is 19.1 Å². The number of carbonyl (C=O) groups excluding carboxylic acids is 2. The lowest BCUT2D eigenvalue weighted by atomic mass is 10.1. The minimum absolute atomic E-state index is 0.0556. The van der Waals surface area contributed by atoms with Crippen LogP contribution in [-0.2, 0) is 21.4 Å². The molecular weight excluding hydrogens is 586 g/mol. The van der Waals surface area contributed by atoms with Crippen molar-refractivity contribution in [1.29, 1.82) is 0 Å². The van der Waals surface area contributed by atoms with Crippen LogP contribution in [0.1, 0.15) is 21.5 Å². The van der Waals surface area contributed by atoms with Gasteiger partial charge in [-0.1, -0.05) is 35.9 Å². The second-order valence-corrected chi connectivity index (χ2v) is 12.5. The monoisotopic (exact) mass is 618 g/mol. The van der Waals surface area contributed by atoms with Crippen LogP contribution in [0.5, 0.6) is 0 Å². The Morgan fingerprint density at radius 1 is 0.818 bits per heavy atom. The zero-order chi connectivity index (χ0) is 31.3. The summed E-state index contributed by atoms with van der Waals surface area (Å²) in [6.07, 6.45) is 0. The number of nitrogens with zero attached hydrogens (tertiary/aromatic N) is 3. The van der Waals surface area contributed by atoms with Gasteiger partial charge in [-0.15, -0.1) is 0 Å². The molecule has 5 rings (SSSR count). The molecule has 0 bridgehead atoms. The van der Waals surface area contributed by atoms with Crippen LogP contribution in [0.15, 0.2) is 102 Å². The number of hydrogen-bond acceptors (Lipinski definition) is 5. The zero-order valence-corrected chi connectivity index (χ0v) is 24.9. The second-order valence-electron chi connectivity index (χ2n) is 10.6. The minimum Gasteiger partial charge on any atom is -0.368 e. The molecule has 0 spiro atoms. The summed E-state index contributed by atoms with van der Waals surface area (Å²) in [7, 11) is -4.04. The minimum atomic E-state index is -4.04. The fourth-order valence-electron chi connectivity index (χ4n) is 4.97. The summed E-state index contributed by atoms with van der Waals surface area (Å²) < 4.78 is 55.1. The highest BCUT2D eigenvalue weighted by molar-refractivity contribution is 7.89. The predicted octanol–water partition coefficient (Wildman–Crippen LogP) is 5.07. The maximum Gasteiger partial charge on any atom is 0.254 e. The molecule has 0 saturated carbocycles. The Morgan fingerprint density at radius 3 is 2.11 bits per heavy atom. The molecule has 2 amide bonds. The predicted molar refractivity (Wildman–Crippen MR) is 165 cm³/mol. The molecule has 1 N–H and O–H groups in total. The van der Waals surface area contributed by atoms with E-state index in [1.54, 1.807) is 35.2 Å². The number of benzene rings is 4. The van der Waals surface area contributed by atoms with Gasteiger partial charge < -0.3 is 15.1 Å². The molecule has 4 aromatic rings. The first-order valence-electron chi connectivity index (χ1n) is 14.1. The summed E-state index contributed by atoms with van der Waals surface area (Å²) >= 11 is 0. The third kappa shape index (κ3) is 7.47. The molecule has 228 valence electrons. The van der Waals surface area contributed by atoms with Gasteiger partial charge in [-0.2, -0.15) is 4.31 Å². The van der Waals surface area contributed by atoms with E-state index in [-0.39, 0.29) is 17.3 Å². The van der Waals surface area contributed by atoms with Crippen molar-refractivity contribution in [1.82, 2.24) is 9.21 Å². The summed E-state index contributed by atoms with van der Waals surface area (Å²) in [5.41, 5.74) is 3.15. The Balaban J connectivity index is 1.22. The van der Waals surface area contributed by atoms with Crippen molar-refractivity contribution in [3.05, 3.63) is 125 Å². The van der Waals surface area contributed by atoms with Crippen molar-refractivity contribution in [2.75, 3.05) is 42.9 Å². The van der Waals surface area contributed by atoms with Gasteiger partial charge in [0.1, 0.15) is 11.6 Å². The summed E-state index contributed by atoms with van der Waals surface area (Å²) in [4.78, 5) is 29.7. The van der Waals surface area contributed by atoms with E-state index in [2.05, 4.69) is 10.2 Å². The number of rotatable bonds is 9. The topological polar surface area (TPSA) is 90.0 Å². The molecule has 0 atom stereocenters. The molecule has 11 heteroatoms. The van der Waals surface area contributed by atoms with Crippen LogP contribution in [0.3, 0.4) is 0 Å². The molecule has 44 heavy (non-hydrogen) atoms. The molecule has 0 unspecified atom stereocenters. The first-order chi connectivity index (χ1) is 21.1. The number of aryl methyl sites for hydroxylation is 1. The molecule has 1 saturated heterocycles. The van der Waals surface area contributed by atoms with Crippen LogP contribution in [0.2, 0.25) is 0 Å². The smallest absolute Gasteiger partial charge is 0.254 e. The van der Waals surface area contributed by atoms with Crippen molar-refractivity contribution >= 4 is 33.2 Å². The summed E-state index contributed by atoms with van der Waals surface area (Å²) in [6, 6.07) is 24.7. The van der Waals surface area contributed by atoms with Gasteiger partial charge in [0.25, 0.3) is 5.91 Å². The lowest BCUT2D eigenvalue weighted by molar-refractivity contribution is -0.116. The molecular formula is C33H32F2N4O4S. The third-order valence-corrected chi connectivity index (χ3v) is 9.21. The van der Waals surface area contributed by atoms with Crippen LogP contribution >= 0.6 is 0 Å². The van der Waals surface area contributed by atoms with E-state index in [0.717, 1.165) is 15.6 Å². The summed E-state index contributed by atoms with van der Waals surface area (Å²) in [5.74, 6) is -1.63. The second kappa shape index (κ2) is 13.4. The third-order valence-electron chi connectivity index (χ3n) is 7.41. The van der Waals surface area contributed by atoms with Gasteiger partial charge in [0.15, 0.2) is 0 Å².